The van der Waals surface area contributed by atoms with Gasteiger partial charge in [0.1, 0.15) is 17.5 Å². The van der Waals surface area contributed by atoms with E-state index in [2.05, 4.69) is 25.6 Å². The van der Waals surface area contributed by atoms with Crippen LogP contribution in [0.3, 0.4) is 0 Å². The molecule has 0 aliphatic heterocycles. The van der Waals surface area contributed by atoms with Gasteiger partial charge in [0.2, 0.25) is 17.7 Å². The number of aromatic nitrogens is 5. The van der Waals surface area contributed by atoms with Gasteiger partial charge >= 0.3 is 6.09 Å². The fraction of sp³-hybridized carbons (Fsp3) is 0.222. The Bertz CT molecular complexity index is 1450. The molecule has 0 aliphatic carbocycles. The summed E-state index contributed by atoms with van der Waals surface area (Å²) in [6, 6.07) is 15.8. The van der Waals surface area contributed by atoms with Crippen molar-refractivity contribution in [3.8, 4) is 11.8 Å². The number of amides is 2. The quantitative estimate of drug-likeness (QED) is 0.328. The minimum absolute atomic E-state index is 0.233. The molecule has 0 fully saturated rings. The van der Waals surface area contributed by atoms with Crippen LogP contribution in [-0.2, 0) is 9.53 Å². The lowest BCUT2D eigenvalue weighted by molar-refractivity contribution is -0.114. The third-order valence-corrected chi connectivity index (χ3v) is 5.70. The zero-order chi connectivity index (χ0) is 27.8. The molecule has 0 aromatic carbocycles. The molecule has 2 amide bonds. The first-order valence-corrected chi connectivity index (χ1v) is 11.8. The summed E-state index contributed by atoms with van der Waals surface area (Å²) in [7, 11) is 4.33. The first kappa shape index (κ1) is 26.9. The van der Waals surface area contributed by atoms with E-state index in [-0.39, 0.29) is 11.7 Å². The van der Waals surface area contributed by atoms with Crippen LogP contribution in [0.2, 0.25) is 0 Å². The molecule has 4 aromatic heterocycles. The van der Waals surface area contributed by atoms with Crippen LogP contribution >= 0.6 is 0 Å². The number of carbonyl (C=O) groups excluding carboxylic acids is 2. The summed E-state index contributed by atoms with van der Waals surface area (Å²) < 4.78 is 15.5. The van der Waals surface area contributed by atoms with E-state index >= 15 is 0 Å². The van der Waals surface area contributed by atoms with Crippen LogP contribution in [0.4, 0.5) is 16.4 Å². The Morgan fingerprint density at radius 1 is 0.744 bits per heavy atom. The van der Waals surface area contributed by atoms with E-state index in [1.54, 1.807) is 42.7 Å². The summed E-state index contributed by atoms with van der Waals surface area (Å²) in [5, 5.41) is 5.27. The van der Waals surface area contributed by atoms with Gasteiger partial charge in [-0.2, -0.15) is 4.98 Å². The molecule has 0 aliphatic rings. The molecule has 0 spiro atoms. The number of nitrogens with one attached hydrogen (secondary N) is 2. The lowest BCUT2D eigenvalue weighted by atomic mass is 9.81. The van der Waals surface area contributed by atoms with Crippen LogP contribution in [0, 0.1) is 0 Å². The van der Waals surface area contributed by atoms with E-state index in [0.29, 0.717) is 34.8 Å². The van der Waals surface area contributed by atoms with Crippen LogP contribution in [0.1, 0.15) is 41.5 Å². The van der Waals surface area contributed by atoms with Crippen LogP contribution in [0.5, 0.6) is 11.8 Å². The summed E-state index contributed by atoms with van der Waals surface area (Å²) in [6.07, 6.45) is 2.59. The zero-order valence-electron chi connectivity index (χ0n) is 21.8. The number of anilines is 2. The fourth-order valence-corrected chi connectivity index (χ4v) is 4.02. The highest BCUT2D eigenvalue weighted by atomic mass is 16.5. The van der Waals surface area contributed by atoms with Crippen molar-refractivity contribution in [3.05, 3.63) is 89.8 Å². The molecule has 2 unspecified atom stereocenters. The molecule has 0 radical (unpaired) electrons. The van der Waals surface area contributed by atoms with E-state index in [0.717, 1.165) is 5.56 Å². The number of rotatable bonds is 9. The molecule has 12 heteroatoms. The average molecular weight is 530 g/mol. The molecule has 4 aromatic rings. The molecule has 0 saturated heterocycles. The Labute approximate surface area is 224 Å². The maximum atomic E-state index is 11.9. The number of nitrogens with zero attached hydrogens (tertiary/aromatic N) is 5. The molecular weight excluding hydrogens is 502 g/mol. The minimum Gasteiger partial charge on any atom is -0.481 e. The second kappa shape index (κ2) is 12.4. The third kappa shape index (κ3) is 6.60. The lowest BCUT2D eigenvalue weighted by Crippen LogP contribution is -2.21. The normalized spacial score (nSPS) is 12.1. The predicted molar refractivity (Wildman–Crippen MR) is 142 cm³/mol. The Kier molecular flexibility index (Phi) is 8.57. The molecular formula is C27H27N7O5. The van der Waals surface area contributed by atoms with Crippen LogP contribution < -0.4 is 20.1 Å². The van der Waals surface area contributed by atoms with E-state index in [1.807, 2.05) is 24.3 Å². The molecule has 39 heavy (non-hydrogen) atoms. The smallest absolute Gasteiger partial charge is 0.412 e. The van der Waals surface area contributed by atoms with Gasteiger partial charge in [0.25, 0.3) is 0 Å². The van der Waals surface area contributed by atoms with Crippen LogP contribution in [0.25, 0.3) is 0 Å². The van der Waals surface area contributed by atoms with Gasteiger partial charge in [-0.15, -0.1) is 0 Å². The molecule has 12 nitrogen and oxygen atoms in total. The van der Waals surface area contributed by atoms with Crippen LogP contribution in [-0.4, -0.2) is 58.2 Å². The SMILES string of the molecule is COC(=O)Nc1cccc(C(c2nccc(OC)n2)C(c2ccc(NC(C)=O)nc2)c2cccc(OC)n2)n1. The highest BCUT2D eigenvalue weighted by molar-refractivity contribution is 5.87. The van der Waals surface area contributed by atoms with Crippen molar-refractivity contribution in [1.29, 1.82) is 0 Å². The Balaban J connectivity index is 1.93. The first-order chi connectivity index (χ1) is 18.9. The van der Waals surface area contributed by atoms with Gasteiger partial charge in [-0.3, -0.25) is 10.1 Å². The highest BCUT2D eigenvalue weighted by Gasteiger charge is 2.34. The summed E-state index contributed by atoms with van der Waals surface area (Å²) in [6.45, 7) is 1.41. The van der Waals surface area contributed by atoms with Gasteiger partial charge in [0.05, 0.1) is 38.6 Å². The number of methoxy groups -OCH3 is 3. The van der Waals surface area contributed by atoms with E-state index in [1.165, 1.54) is 28.3 Å². The van der Waals surface area contributed by atoms with Gasteiger partial charge in [-0.25, -0.2) is 24.7 Å². The number of hydrogen-bond donors (Lipinski definition) is 2. The monoisotopic (exact) mass is 529 g/mol. The Hall–Kier alpha value is -5.13. The second-order valence-corrected chi connectivity index (χ2v) is 8.24. The lowest BCUT2D eigenvalue weighted by Gasteiger charge is -2.26. The summed E-state index contributed by atoms with van der Waals surface area (Å²) in [5.41, 5.74) is 1.92. The molecule has 200 valence electrons. The maximum Gasteiger partial charge on any atom is 0.412 e. The molecule has 0 bridgehead atoms. The number of hydrogen-bond acceptors (Lipinski definition) is 10. The predicted octanol–water partition coefficient (Wildman–Crippen LogP) is 3.78. The minimum atomic E-state index is -0.655. The van der Waals surface area contributed by atoms with Crippen molar-refractivity contribution < 1.29 is 23.8 Å². The first-order valence-electron chi connectivity index (χ1n) is 11.8. The molecule has 4 heterocycles. The summed E-state index contributed by atoms with van der Waals surface area (Å²) in [4.78, 5) is 46.5. The maximum absolute atomic E-state index is 11.9. The number of carbonyl (C=O) groups is 2. The van der Waals surface area contributed by atoms with Crippen molar-refractivity contribution in [2.75, 3.05) is 32.0 Å². The van der Waals surface area contributed by atoms with Gasteiger partial charge in [-0.1, -0.05) is 18.2 Å². The Morgan fingerprint density at radius 3 is 2.13 bits per heavy atom. The zero-order valence-corrected chi connectivity index (χ0v) is 21.8. The van der Waals surface area contributed by atoms with Crippen molar-refractivity contribution in [3.63, 3.8) is 0 Å². The van der Waals surface area contributed by atoms with Gasteiger partial charge < -0.3 is 19.5 Å². The third-order valence-electron chi connectivity index (χ3n) is 5.70. The second-order valence-electron chi connectivity index (χ2n) is 8.24. The topological polar surface area (TPSA) is 150 Å². The van der Waals surface area contributed by atoms with E-state index in [9.17, 15) is 9.59 Å². The van der Waals surface area contributed by atoms with Crippen molar-refractivity contribution in [1.82, 2.24) is 24.9 Å². The van der Waals surface area contributed by atoms with Gasteiger partial charge in [0, 0.05) is 37.4 Å². The van der Waals surface area contributed by atoms with Gasteiger partial charge in [0.15, 0.2) is 0 Å². The average Bonchev–Trinajstić information content (AvgIpc) is 2.96. The molecule has 0 saturated carbocycles. The highest BCUT2D eigenvalue weighted by Crippen LogP contribution is 2.41. The number of ether oxygens (including phenoxy) is 3. The molecule has 2 N–H and O–H groups in total. The largest absolute Gasteiger partial charge is 0.481 e. The summed E-state index contributed by atoms with van der Waals surface area (Å²) in [5.74, 6) is 0.495. The van der Waals surface area contributed by atoms with E-state index < -0.39 is 17.9 Å². The fourth-order valence-electron chi connectivity index (χ4n) is 4.02. The van der Waals surface area contributed by atoms with Crippen molar-refractivity contribution in [2.45, 2.75) is 18.8 Å². The van der Waals surface area contributed by atoms with Crippen LogP contribution in [0.15, 0.2) is 67.0 Å². The van der Waals surface area contributed by atoms with E-state index in [4.69, 9.17) is 24.2 Å². The summed E-state index contributed by atoms with van der Waals surface area (Å²) >= 11 is 0. The molecule has 2 atom stereocenters. The standard InChI is InChI=1S/C27H27N7O5/c1-16(35)30-20-12-11-17(15-29-20)24(18-8-6-10-22(32-18)37-2)25(26-28-14-13-23(34-26)38-3)19-7-5-9-21(31-19)33-27(36)39-4/h5-15,24-25H,1-4H3,(H,29,30,35)(H,31,33,36). The molecule has 4 rings (SSSR count). The van der Waals surface area contributed by atoms with Gasteiger partial charge in [-0.05, 0) is 29.8 Å². The number of pyridine rings is 3. The van der Waals surface area contributed by atoms with Crippen molar-refractivity contribution >= 4 is 23.6 Å². The van der Waals surface area contributed by atoms with Crippen molar-refractivity contribution in [2.24, 2.45) is 0 Å². The Morgan fingerprint density at radius 2 is 1.46 bits per heavy atom.